The van der Waals surface area contributed by atoms with Crippen LogP contribution in [0.4, 0.5) is 5.69 Å². The highest BCUT2D eigenvalue weighted by Crippen LogP contribution is 2.29. The number of aromatic hydroxyl groups is 1. The summed E-state index contributed by atoms with van der Waals surface area (Å²) in [6.07, 6.45) is 0. The highest BCUT2D eigenvalue weighted by atomic mass is 16.3. The molecule has 1 amide bonds. The molecule has 18 heavy (non-hydrogen) atoms. The first-order valence-corrected chi connectivity index (χ1v) is 5.82. The van der Waals surface area contributed by atoms with Gasteiger partial charge in [0.15, 0.2) is 0 Å². The Kier molecular flexibility index (Phi) is 3.48. The van der Waals surface area contributed by atoms with Crippen LogP contribution in [0.3, 0.4) is 0 Å². The number of amides is 1. The van der Waals surface area contributed by atoms with Crippen molar-refractivity contribution >= 4 is 22.4 Å². The third-order valence-corrected chi connectivity index (χ3v) is 2.98. The van der Waals surface area contributed by atoms with Gasteiger partial charge in [0.1, 0.15) is 5.75 Å². The van der Waals surface area contributed by atoms with Crippen LogP contribution >= 0.6 is 0 Å². The topological polar surface area (TPSA) is 61.4 Å². The number of nitrogens with one attached hydrogen (secondary N) is 2. The molecule has 0 aliphatic heterocycles. The molecule has 4 nitrogen and oxygen atoms in total. The van der Waals surface area contributed by atoms with E-state index in [2.05, 4.69) is 10.6 Å². The van der Waals surface area contributed by atoms with Gasteiger partial charge in [-0.3, -0.25) is 4.79 Å². The SMILES string of the molecule is CNC(C)C(=O)Nc1cccc2c(O)cccc12. The summed E-state index contributed by atoms with van der Waals surface area (Å²) < 4.78 is 0. The molecule has 2 rings (SSSR count). The van der Waals surface area contributed by atoms with Gasteiger partial charge in [0, 0.05) is 16.5 Å². The summed E-state index contributed by atoms with van der Waals surface area (Å²) in [6.45, 7) is 1.79. The van der Waals surface area contributed by atoms with Crippen LogP contribution in [0, 0.1) is 0 Å². The molecular formula is C14H16N2O2. The normalized spacial score (nSPS) is 12.3. The summed E-state index contributed by atoms with van der Waals surface area (Å²) in [7, 11) is 1.74. The lowest BCUT2D eigenvalue weighted by Crippen LogP contribution is -2.35. The molecule has 0 heterocycles. The Balaban J connectivity index is 2.40. The number of rotatable bonds is 3. The molecule has 94 valence electrons. The first-order valence-electron chi connectivity index (χ1n) is 5.82. The molecule has 4 heteroatoms. The van der Waals surface area contributed by atoms with Gasteiger partial charge in [-0.2, -0.15) is 0 Å². The van der Waals surface area contributed by atoms with Crippen LogP contribution < -0.4 is 10.6 Å². The monoisotopic (exact) mass is 244 g/mol. The summed E-state index contributed by atoms with van der Waals surface area (Å²) in [4.78, 5) is 11.8. The average Bonchev–Trinajstić information content (AvgIpc) is 2.39. The standard InChI is InChI=1S/C14H16N2O2/c1-9(15-2)14(18)16-12-7-3-6-11-10(12)5-4-8-13(11)17/h3-9,15,17H,1-2H3,(H,16,18). The van der Waals surface area contributed by atoms with E-state index in [9.17, 15) is 9.90 Å². The molecule has 0 saturated carbocycles. The van der Waals surface area contributed by atoms with E-state index in [1.165, 1.54) is 0 Å². The highest BCUT2D eigenvalue weighted by Gasteiger charge is 2.12. The Morgan fingerprint density at radius 3 is 2.56 bits per heavy atom. The van der Waals surface area contributed by atoms with Crippen molar-refractivity contribution in [3.63, 3.8) is 0 Å². The van der Waals surface area contributed by atoms with Crippen LogP contribution in [0.5, 0.6) is 5.75 Å². The van der Waals surface area contributed by atoms with Crippen molar-refractivity contribution in [1.29, 1.82) is 0 Å². The maximum atomic E-state index is 11.8. The fraction of sp³-hybridized carbons (Fsp3) is 0.214. The zero-order valence-electron chi connectivity index (χ0n) is 10.4. The molecule has 1 atom stereocenters. The predicted molar refractivity (Wildman–Crippen MR) is 72.8 cm³/mol. The molecule has 0 saturated heterocycles. The minimum Gasteiger partial charge on any atom is -0.507 e. The van der Waals surface area contributed by atoms with Crippen molar-refractivity contribution < 1.29 is 9.90 Å². The number of carbonyl (C=O) groups excluding carboxylic acids is 1. The van der Waals surface area contributed by atoms with Crippen molar-refractivity contribution in [1.82, 2.24) is 5.32 Å². The molecule has 0 fully saturated rings. The number of phenolic OH excluding ortho intramolecular Hbond substituents is 1. The summed E-state index contributed by atoms with van der Waals surface area (Å²) in [5.74, 6) is 0.110. The maximum Gasteiger partial charge on any atom is 0.241 e. The minimum atomic E-state index is -0.266. The summed E-state index contributed by atoms with van der Waals surface area (Å²) in [6, 6.07) is 10.4. The smallest absolute Gasteiger partial charge is 0.241 e. The van der Waals surface area contributed by atoms with Crippen LogP contribution in [-0.4, -0.2) is 24.1 Å². The average molecular weight is 244 g/mol. The number of fused-ring (bicyclic) bond motifs is 1. The third-order valence-electron chi connectivity index (χ3n) is 2.98. The molecule has 3 N–H and O–H groups in total. The predicted octanol–water partition coefficient (Wildman–Crippen LogP) is 2.09. The molecule has 2 aromatic rings. The van der Waals surface area contributed by atoms with E-state index in [1.54, 1.807) is 26.1 Å². The lowest BCUT2D eigenvalue weighted by atomic mass is 10.1. The van der Waals surface area contributed by atoms with Crippen molar-refractivity contribution in [2.45, 2.75) is 13.0 Å². The molecule has 1 unspecified atom stereocenters. The second-order valence-corrected chi connectivity index (χ2v) is 4.18. The summed E-state index contributed by atoms with van der Waals surface area (Å²) >= 11 is 0. The lowest BCUT2D eigenvalue weighted by Gasteiger charge is -2.13. The quantitative estimate of drug-likeness (QED) is 0.774. The van der Waals surface area contributed by atoms with Crippen LogP contribution in [0.2, 0.25) is 0 Å². The fourth-order valence-electron chi connectivity index (χ4n) is 1.77. The van der Waals surface area contributed by atoms with Crippen molar-refractivity contribution in [3.05, 3.63) is 36.4 Å². The molecule has 0 radical (unpaired) electrons. The maximum absolute atomic E-state index is 11.8. The van der Waals surface area contributed by atoms with E-state index in [1.807, 2.05) is 24.3 Å². The molecule has 0 aliphatic carbocycles. The second kappa shape index (κ2) is 5.06. The van der Waals surface area contributed by atoms with Gasteiger partial charge in [-0.25, -0.2) is 0 Å². The molecule has 0 bridgehead atoms. The lowest BCUT2D eigenvalue weighted by molar-refractivity contribution is -0.117. The largest absolute Gasteiger partial charge is 0.507 e. The Bertz CT molecular complexity index is 581. The first-order chi connectivity index (χ1) is 8.63. The number of likely N-dealkylation sites (N-methyl/N-ethyl adjacent to an activating group) is 1. The van der Waals surface area contributed by atoms with Gasteiger partial charge < -0.3 is 15.7 Å². The van der Waals surface area contributed by atoms with Gasteiger partial charge >= 0.3 is 0 Å². The zero-order valence-corrected chi connectivity index (χ0v) is 10.4. The number of carbonyl (C=O) groups is 1. The Morgan fingerprint density at radius 1 is 1.17 bits per heavy atom. The van der Waals surface area contributed by atoms with Crippen LogP contribution in [0.25, 0.3) is 10.8 Å². The highest BCUT2D eigenvalue weighted by molar-refractivity contribution is 6.05. The Hall–Kier alpha value is -2.07. The van der Waals surface area contributed by atoms with Gasteiger partial charge in [0.05, 0.1) is 6.04 Å². The van der Waals surface area contributed by atoms with Crippen LogP contribution in [0.15, 0.2) is 36.4 Å². The molecule has 0 aliphatic rings. The Morgan fingerprint density at radius 2 is 1.83 bits per heavy atom. The molecule has 2 aromatic carbocycles. The number of hydrogen-bond donors (Lipinski definition) is 3. The second-order valence-electron chi connectivity index (χ2n) is 4.18. The van der Waals surface area contributed by atoms with Crippen LogP contribution in [0.1, 0.15) is 6.92 Å². The number of hydrogen-bond acceptors (Lipinski definition) is 3. The van der Waals surface area contributed by atoms with Gasteiger partial charge in [-0.15, -0.1) is 0 Å². The molecule has 0 aromatic heterocycles. The Labute approximate surface area is 106 Å². The van der Waals surface area contributed by atoms with E-state index >= 15 is 0 Å². The fourth-order valence-corrected chi connectivity index (χ4v) is 1.77. The van der Waals surface area contributed by atoms with E-state index in [4.69, 9.17) is 0 Å². The van der Waals surface area contributed by atoms with E-state index in [-0.39, 0.29) is 17.7 Å². The number of anilines is 1. The van der Waals surface area contributed by atoms with E-state index in [0.29, 0.717) is 5.69 Å². The summed E-state index contributed by atoms with van der Waals surface area (Å²) in [5.41, 5.74) is 0.704. The summed E-state index contributed by atoms with van der Waals surface area (Å²) in [5, 5.41) is 17.1. The van der Waals surface area contributed by atoms with Crippen molar-refractivity contribution in [3.8, 4) is 5.75 Å². The van der Waals surface area contributed by atoms with Crippen molar-refractivity contribution in [2.75, 3.05) is 12.4 Å². The number of benzene rings is 2. The van der Waals surface area contributed by atoms with Gasteiger partial charge in [0.2, 0.25) is 5.91 Å². The van der Waals surface area contributed by atoms with Gasteiger partial charge in [-0.1, -0.05) is 24.3 Å². The van der Waals surface area contributed by atoms with E-state index < -0.39 is 0 Å². The first kappa shape index (κ1) is 12.4. The van der Waals surface area contributed by atoms with Gasteiger partial charge in [-0.05, 0) is 26.1 Å². The molecule has 0 spiro atoms. The zero-order chi connectivity index (χ0) is 13.1. The van der Waals surface area contributed by atoms with Crippen molar-refractivity contribution in [2.24, 2.45) is 0 Å². The molecular weight excluding hydrogens is 228 g/mol. The van der Waals surface area contributed by atoms with Gasteiger partial charge in [0.25, 0.3) is 0 Å². The third kappa shape index (κ3) is 2.28. The number of phenols is 1. The van der Waals surface area contributed by atoms with E-state index in [0.717, 1.165) is 10.8 Å². The van der Waals surface area contributed by atoms with Crippen LogP contribution in [-0.2, 0) is 4.79 Å². The minimum absolute atomic E-state index is 0.103.